The molecule has 83 valence electrons. The molecule has 1 unspecified atom stereocenters. The molecule has 1 atom stereocenters. The van der Waals surface area contributed by atoms with Crippen LogP contribution in [0.4, 0.5) is 0 Å². The van der Waals surface area contributed by atoms with Crippen LogP contribution in [0.1, 0.15) is 31.2 Å². The van der Waals surface area contributed by atoms with Crippen molar-refractivity contribution in [2.45, 2.75) is 25.7 Å². The highest BCUT2D eigenvalue weighted by Crippen LogP contribution is 2.28. The standard InChI is InChI=1S/C15H17O/c1-12(6-5-11-16)14-10-4-8-13-7-2-3-9-15(13)14/h2-4,7-10,12H,5-6,11H2,1H3. The van der Waals surface area contributed by atoms with E-state index < -0.39 is 0 Å². The zero-order chi connectivity index (χ0) is 11.4. The van der Waals surface area contributed by atoms with E-state index in [4.69, 9.17) is 0 Å². The molecule has 0 bridgehead atoms. The van der Waals surface area contributed by atoms with Crippen LogP contribution in [0.3, 0.4) is 0 Å². The number of hydrogen-bond acceptors (Lipinski definition) is 0. The Morgan fingerprint density at radius 1 is 1.06 bits per heavy atom. The lowest BCUT2D eigenvalue weighted by atomic mass is 9.92. The third-order valence-corrected chi connectivity index (χ3v) is 3.14. The average Bonchev–Trinajstić information content (AvgIpc) is 2.35. The van der Waals surface area contributed by atoms with E-state index in [2.05, 4.69) is 49.4 Å². The topological polar surface area (TPSA) is 19.9 Å². The van der Waals surface area contributed by atoms with Gasteiger partial charge in [-0.25, -0.2) is 5.11 Å². The smallest absolute Gasteiger partial charge is 0.0822 e. The molecule has 1 nitrogen and oxygen atoms in total. The molecule has 2 aromatic rings. The summed E-state index contributed by atoms with van der Waals surface area (Å²) in [4.78, 5) is 0. The van der Waals surface area contributed by atoms with E-state index in [0.717, 1.165) is 12.8 Å². The lowest BCUT2D eigenvalue weighted by molar-refractivity contribution is 0.185. The molecule has 2 rings (SSSR count). The number of benzene rings is 2. The second-order valence-corrected chi connectivity index (χ2v) is 4.32. The van der Waals surface area contributed by atoms with Crippen LogP contribution in [0, 0.1) is 0 Å². The number of fused-ring (bicyclic) bond motifs is 1. The van der Waals surface area contributed by atoms with Gasteiger partial charge in [0, 0.05) is 0 Å². The summed E-state index contributed by atoms with van der Waals surface area (Å²) in [5.41, 5.74) is 1.37. The third-order valence-electron chi connectivity index (χ3n) is 3.14. The Kier molecular flexibility index (Phi) is 3.58. The van der Waals surface area contributed by atoms with E-state index in [1.165, 1.54) is 16.3 Å². The van der Waals surface area contributed by atoms with Crippen LogP contribution in [0.15, 0.2) is 42.5 Å². The molecule has 0 aliphatic heterocycles. The molecule has 1 heteroatoms. The Hall–Kier alpha value is -1.34. The van der Waals surface area contributed by atoms with Gasteiger partial charge in [0.15, 0.2) is 0 Å². The first-order chi connectivity index (χ1) is 7.83. The fourth-order valence-electron chi connectivity index (χ4n) is 2.23. The summed E-state index contributed by atoms with van der Waals surface area (Å²) in [6.45, 7) is 2.24. The summed E-state index contributed by atoms with van der Waals surface area (Å²) in [6.07, 6.45) is 1.75. The van der Waals surface area contributed by atoms with Gasteiger partial charge in [-0.2, -0.15) is 0 Å². The molecule has 0 aliphatic carbocycles. The maximum Gasteiger partial charge on any atom is 0.0822 e. The molecule has 0 aliphatic rings. The molecule has 16 heavy (non-hydrogen) atoms. The summed E-state index contributed by atoms with van der Waals surface area (Å²) < 4.78 is 0. The summed E-state index contributed by atoms with van der Waals surface area (Å²) in [6, 6.07) is 14.9. The van der Waals surface area contributed by atoms with Crippen LogP contribution in [0.2, 0.25) is 0 Å². The normalized spacial score (nSPS) is 12.9. The maximum atomic E-state index is 10.5. The molecule has 0 N–H and O–H groups in total. The average molecular weight is 213 g/mol. The second-order valence-electron chi connectivity index (χ2n) is 4.32. The molecule has 0 saturated heterocycles. The van der Waals surface area contributed by atoms with Crippen molar-refractivity contribution in [3.8, 4) is 0 Å². The predicted molar refractivity (Wildman–Crippen MR) is 67.2 cm³/mol. The van der Waals surface area contributed by atoms with E-state index in [1.807, 2.05) is 0 Å². The van der Waals surface area contributed by atoms with Crippen LogP contribution in [0.5, 0.6) is 0 Å². The van der Waals surface area contributed by atoms with Crippen molar-refractivity contribution < 1.29 is 5.11 Å². The van der Waals surface area contributed by atoms with E-state index >= 15 is 0 Å². The molecule has 0 fully saturated rings. The van der Waals surface area contributed by atoms with Crippen LogP contribution < -0.4 is 0 Å². The largest absolute Gasteiger partial charge is 0.237 e. The van der Waals surface area contributed by atoms with Crippen molar-refractivity contribution >= 4 is 10.8 Å². The monoisotopic (exact) mass is 213 g/mol. The molecule has 1 radical (unpaired) electrons. The summed E-state index contributed by atoms with van der Waals surface area (Å²) >= 11 is 0. The summed E-state index contributed by atoms with van der Waals surface area (Å²) in [5.74, 6) is 0.472. The minimum atomic E-state index is 0.0368. The van der Waals surface area contributed by atoms with Gasteiger partial charge < -0.3 is 0 Å². The van der Waals surface area contributed by atoms with Crippen molar-refractivity contribution in [2.75, 3.05) is 6.61 Å². The van der Waals surface area contributed by atoms with Gasteiger partial charge in [-0.05, 0) is 35.1 Å². The predicted octanol–water partition coefficient (Wildman–Crippen LogP) is 4.15. The van der Waals surface area contributed by atoms with Crippen molar-refractivity contribution in [2.24, 2.45) is 0 Å². The molecular weight excluding hydrogens is 196 g/mol. The minimum absolute atomic E-state index is 0.0368. The summed E-state index contributed by atoms with van der Waals surface area (Å²) in [7, 11) is 0. The lowest BCUT2D eigenvalue weighted by Crippen LogP contribution is -1.96. The zero-order valence-electron chi connectivity index (χ0n) is 9.65. The van der Waals surface area contributed by atoms with Crippen LogP contribution in [0.25, 0.3) is 10.8 Å². The minimum Gasteiger partial charge on any atom is -0.237 e. The Labute approximate surface area is 96.7 Å². The van der Waals surface area contributed by atoms with Crippen LogP contribution in [-0.2, 0) is 5.11 Å². The van der Waals surface area contributed by atoms with Crippen LogP contribution >= 0.6 is 0 Å². The van der Waals surface area contributed by atoms with E-state index in [-0.39, 0.29) is 6.61 Å². The van der Waals surface area contributed by atoms with Crippen molar-refractivity contribution in [1.29, 1.82) is 0 Å². The number of rotatable bonds is 4. The number of hydrogen-bond donors (Lipinski definition) is 0. The van der Waals surface area contributed by atoms with Gasteiger partial charge in [0.2, 0.25) is 0 Å². The van der Waals surface area contributed by atoms with Crippen molar-refractivity contribution in [1.82, 2.24) is 0 Å². The first kappa shape index (κ1) is 11.2. The quantitative estimate of drug-likeness (QED) is 0.727. The highest BCUT2D eigenvalue weighted by atomic mass is 16.2. The van der Waals surface area contributed by atoms with Gasteiger partial charge >= 0.3 is 0 Å². The molecular formula is C15H17O. The molecule has 0 aromatic heterocycles. The highest BCUT2D eigenvalue weighted by molar-refractivity contribution is 5.86. The summed E-state index contributed by atoms with van der Waals surface area (Å²) in [5, 5.41) is 13.1. The molecule has 2 aromatic carbocycles. The van der Waals surface area contributed by atoms with Gasteiger partial charge in [-0.3, -0.25) is 0 Å². The van der Waals surface area contributed by atoms with E-state index in [1.54, 1.807) is 0 Å². The Balaban J connectivity index is 2.36. The Bertz CT molecular complexity index is 456. The fraction of sp³-hybridized carbons (Fsp3) is 0.333. The Morgan fingerprint density at radius 3 is 2.62 bits per heavy atom. The van der Waals surface area contributed by atoms with E-state index in [9.17, 15) is 5.11 Å². The Morgan fingerprint density at radius 2 is 1.81 bits per heavy atom. The van der Waals surface area contributed by atoms with Gasteiger partial charge in [0.25, 0.3) is 0 Å². The maximum absolute atomic E-state index is 10.5. The highest BCUT2D eigenvalue weighted by Gasteiger charge is 2.08. The zero-order valence-corrected chi connectivity index (χ0v) is 9.65. The first-order valence-electron chi connectivity index (χ1n) is 5.88. The molecule has 0 amide bonds. The molecule has 0 saturated carbocycles. The van der Waals surface area contributed by atoms with Gasteiger partial charge in [0.05, 0.1) is 6.61 Å². The van der Waals surface area contributed by atoms with Crippen LogP contribution in [-0.4, -0.2) is 6.61 Å². The van der Waals surface area contributed by atoms with Crippen molar-refractivity contribution in [3.05, 3.63) is 48.0 Å². The van der Waals surface area contributed by atoms with Gasteiger partial charge in [0.1, 0.15) is 0 Å². The SMILES string of the molecule is CC(CCC[O])c1cccc2ccccc12. The van der Waals surface area contributed by atoms with E-state index in [0.29, 0.717) is 5.92 Å². The van der Waals surface area contributed by atoms with Gasteiger partial charge in [-0.15, -0.1) is 0 Å². The van der Waals surface area contributed by atoms with Crippen molar-refractivity contribution in [3.63, 3.8) is 0 Å². The second kappa shape index (κ2) is 5.13. The fourth-order valence-corrected chi connectivity index (χ4v) is 2.23. The van der Waals surface area contributed by atoms with Gasteiger partial charge in [-0.1, -0.05) is 49.4 Å². The molecule has 0 spiro atoms. The third kappa shape index (κ3) is 2.25. The molecule has 0 heterocycles. The first-order valence-corrected chi connectivity index (χ1v) is 5.88. The lowest BCUT2D eigenvalue weighted by Gasteiger charge is -2.13.